The molecule has 10 heteroatoms. The van der Waals surface area contributed by atoms with E-state index in [9.17, 15) is 19.5 Å². The van der Waals surface area contributed by atoms with Crippen molar-refractivity contribution in [1.82, 2.24) is 5.32 Å². The molecule has 4 aliphatic rings. The van der Waals surface area contributed by atoms with Crippen molar-refractivity contribution in [3.8, 4) is 0 Å². The number of hydrogen-bond acceptors (Lipinski definition) is 7. The molecule has 4 aliphatic heterocycles. The van der Waals surface area contributed by atoms with Gasteiger partial charge in [-0.2, -0.15) is 0 Å². The van der Waals surface area contributed by atoms with Gasteiger partial charge in [0.25, 0.3) is 11.8 Å². The average Bonchev–Trinajstić information content (AvgIpc) is 3.48. The summed E-state index contributed by atoms with van der Waals surface area (Å²) in [5.74, 6) is -0.484. The van der Waals surface area contributed by atoms with Gasteiger partial charge < -0.3 is 30.2 Å². The van der Waals surface area contributed by atoms with Crippen molar-refractivity contribution in [2.45, 2.75) is 62.1 Å². The summed E-state index contributed by atoms with van der Waals surface area (Å²) in [5, 5.41) is 16.1. The molecule has 39 heavy (non-hydrogen) atoms. The van der Waals surface area contributed by atoms with E-state index >= 15 is 0 Å². The number of nitrogens with zero attached hydrogens (tertiary/aromatic N) is 2. The van der Waals surface area contributed by atoms with Crippen LogP contribution in [0.3, 0.4) is 0 Å². The van der Waals surface area contributed by atoms with Crippen molar-refractivity contribution in [2.75, 3.05) is 41.5 Å². The zero-order chi connectivity index (χ0) is 27.6. The fraction of sp³-hybridized carbons (Fsp3) is 0.517. The Morgan fingerprint density at radius 2 is 1.79 bits per heavy atom. The summed E-state index contributed by atoms with van der Waals surface area (Å²) in [4.78, 5) is 43.1. The molecule has 6 rings (SSSR count). The van der Waals surface area contributed by atoms with E-state index in [4.69, 9.17) is 4.74 Å². The molecule has 0 saturated carbocycles. The first-order valence-electron chi connectivity index (χ1n) is 14.0. The van der Waals surface area contributed by atoms with E-state index < -0.39 is 25.6 Å². The van der Waals surface area contributed by atoms with E-state index in [2.05, 4.69) is 27.7 Å². The lowest BCUT2D eigenvalue weighted by atomic mass is 9.82. The number of piperidine rings is 1. The van der Waals surface area contributed by atoms with Crippen LogP contribution in [0.15, 0.2) is 48.5 Å². The van der Waals surface area contributed by atoms with Crippen LogP contribution in [0, 0.1) is 5.92 Å². The third kappa shape index (κ3) is 3.87. The van der Waals surface area contributed by atoms with Gasteiger partial charge >= 0.3 is 0 Å². The van der Waals surface area contributed by atoms with Crippen molar-refractivity contribution in [3.63, 3.8) is 0 Å². The average molecular weight is 551 g/mol. The molecule has 0 bridgehead atoms. The highest BCUT2D eigenvalue weighted by atomic mass is 28.4. The van der Waals surface area contributed by atoms with Crippen molar-refractivity contribution in [1.29, 1.82) is 0 Å². The number of rotatable bonds is 5. The van der Waals surface area contributed by atoms with Crippen LogP contribution in [0.25, 0.3) is 0 Å². The summed E-state index contributed by atoms with van der Waals surface area (Å²) in [6.07, 6.45) is 1.35. The van der Waals surface area contributed by atoms with Crippen LogP contribution >= 0.6 is 0 Å². The molecule has 2 spiro atoms. The van der Waals surface area contributed by atoms with Gasteiger partial charge in [-0.1, -0.05) is 25.1 Å². The topological polar surface area (TPSA) is 114 Å². The molecule has 208 valence electrons. The van der Waals surface area contributed by atoms with E-state index in [0.29, 0.717) is 37.2 Å². The Morgan fingerprint density at radius 1 is 1.08 bits per heavy atom. The second-order valence-corrected chi connectivity index (χ2v) is 16.0. The number of carbonyl (C=O) groups excluding carboxylic acids is 2. The summed E-state index contributed by atoms with van der Waals surface area (Å²) >= 11 is 0. The number of ether oxygens (including phenoxy) is 1. The fourth-order valence-corrected chi connectivity index (χ4v) is 10.2. The van der Waals surface area contributed by atoms with Gasteiger partial charge in [0.2, 0.25) is 0 Å². The van der Waals surface area contributed by atoms with Gasteiger partial charge in [0.1, 0.15) is 5.54 Å². The zero-order valence-corrected chi connectivity index (χ0v) is 23.8. The number of aliphatic hydroxyl groups excluding tert-OH is 1. The normalized spacial score (nSPS) is 29.9. The van der Waals surface area contributed by atoms with Gasteiger partial charge in [0.05, 0.1) is 12.8 Å². The van der Waals surface area contributed by atoms with Gasteiger partial charge in [-0.15, -0.1) is 0 Å². The highest BCUT2D eigenvalue weighted by Crippen LogP contribution is 2.58. The van der Waals surface area contributed by atoms with Crippen LogP contribution in [-0.2, 0) is 19.9 Å². The molecule has 0 aromatic heterocycles. The van der Waals surface area contributed by atoms with Gasteiger partial charge in [0, 0.05) is 40.7 Å². The van der Waals surface area contributed by atoms with E-state index in [1.807, 2.05) is 61.3 Å². The predicted octanol–water partition coefficient (Wildman–Crippen LogP) is 2.75. The number of hydrogen-bond donors (Lipinski definition) is 4. The number of amides is 2. The fourth-order valence-electron chi connectivity index (χ4n) is 7.62. The van der Waals surface area contributed by atoms with Crippen LogP contribution in [0.4, 0.5) is 17.1 Å². The molecule has 4 atom stereocenters. The minimum atomic E-state index is -2.75. The van der Waals surface area contributed by atoms with Crippen LogP contribution < -0.4 is 20.4 Å². The van der Waals surface area contributed by atoms with Gasteiger partial charge in [0.15, 0.2) is 13.9 Å². The Balaban J connectivity index is 1.41. The predicted molar refractivity (Wildman–Crippen MR) is 152 cm³/mol. The van der Waals surface area contributed by atoms with Gasteiger partial charge in [-0.3, -0.25) is 14.5 Å². The maximum Gasteiger partial charge on any atom is 0.261 e. The summed E-state index contributed by atoms with van der Waals surface area (Å²) in [7, 11) is -2.75. The summed E-state index contributed by atoms with van der Waals surface area (Å²) in [6.45, 7) is 7.57. The Hall–Kier alpha value is -2.76. The van der Waals surface area contributed by atoms with E-state index in [1.165, 1.54) is 0 Å². The standard InChI is InChI=1S/C29H38N4O5Si/c1-19-25(39(2,3)37)24(11-16-34)38-29(19)22-17-21(9-10-23(22)31-26(29)35)32-18-33(20-7-5-4-6-8-20)28(27(32)36)12-14-30-15-13-28/h4-10,17,19,24-25,30,34,37H,11-16,18H2,1-3H3,(H,31,35)/t19-,24+,25-,29+/m0/s1. The third-order valence-electron chi connectivity index (χ3n) is 9.39. The number of aliphatic hydroxyl groups is 1. The largest absolute Gasteiger partial charge is 0.432 e. The quantitative estimate of drug-likeness (QED) is 0.424. The second kappa shape index (κ2) is 9.41. The van der Waals surface area contributed by atoms with Crippen molar-refractivity contribution in [3.05, 3.63) is 54.1 Å². The number of fused-ring (bicyclic) bond motifs is 2. The van der Waals surface area contributed by atoms with Crippen molar-refractivity contribution in [2.24, 2.45) is 5.92 Å². The molecule has 3 fully saturated rings. The molecule has 4 N–H and O–H groups in total. The molecule has 0 unspecified atom stereocenters. The maximum atomic E-state index is 14.2. The first-order valence-corrected chi connectivity index (χ1v) is 17.0. The smallest absolute Gasteiger partial charge is 0.261 e. The zero-order valence-electron chi connectivity index (χ0n) is 22.8. The molecular weight excluding hydrogens is 512 g/mol. The maximum absolute atomic E-state index is 14.2. The molecule has 2 aromatic rings. The highest BCUT2D eigenvalue weighted by molar-refractivity contribution is 6.71. The second-order valence-electron chi connectivity index (χ2n) is 12.0. The minimum absolute atomic E-state index is 0.0689. The summed E-state index contributed by atoms with van der Waals surface area (Å²) < 4.78 is 6.57. The molecule has 2 amide bonds. The third-order valence-corrected chi connectivity index (χ3v) is 11.9. The first-order chi connectivity index (χ1) is 18.6. The Morgan fingerprint density at radius 3 is 2.46 bits per heavy atom. The molecule has 9 nitrogen and oxygen atoms in total. The summed E-state index contributed by atoms with van der Waals surface area (Å²) in [6, 6.07) is 15.8. The van der Waals surface area contributed by atoms with Crippen LogP contribution in [0.2, 0.25) is 18.6 Å². The van der Waals surface area contributed by atoms with E-state index in [0.717, 1.165) is 24.5 Å². The molecular formula is C29H38N4O5Si. The number of benzene rings is 2. The lowest BCUT2D eigenvalue weighted by Crippen LogP contribution is -2.55. The lowest BCUT2D eigenvalue weighted by Gasteiger charge is -2.39. The SMILES string of the molecule is C[C@H]1[C@H]([Si](C)(C)O)[C@@H](CCO)O[C@]12C(=O)Nc1ccc(N3CN(c4ccccc4)C4(CCNCC4)C3=O)cc12. The van der Waals surface area contributed by atoms with Crippen LogP contribution in [0.5, 0.6) is 0 Å². The van der Waals surface area contributed by atoms with Gasteiger partial charge in [-0.25, -0.2) is 0 Å². The Bertz CT molecular complexity index is 1280. The molecule has 3 saturated heterocycles. The first kappa shape index (κ1) is 26.5. The van der Waals surface area contributed by atoms with Gasteiger partial charge in [-0.05, 0) is 75.8 Å². The monoisotopic (exact) mass is 550 g/mol. The van der Waals surface area contributed by atoms with E-state index in [-0.39, 0.29) is 29.9 Å². The molecule has 0 aliphatic carbocycles. The van der Waals surface area contributed by atoms with Crippen LogP contribution in [0.1, 0.15) is 31.7 Å². The number of carbonyl (C=O) groups is 2. The number of nitrogens with one attached hydrogen (secondary N) is 2. The molecule has 4 heterocycles. The number of anilines is 3. The Kier molecular flexibility index (Phi) is 6.39. The number of para-hydroxylation sites is 1. The summed E-state index contributed by atoms with van der Waals surface area (Å²) in [5.41, 5.74) is 0.970. The molecule has 0 radical (unpaired) electrons. The van der Waals surface area contributed by atoms with Crippen molar-refractivity contribution >= 4 is 37.2 Å². The Labute approximate surface area is 230 Å². The van der Waals surface area contributed by atoms with Crippen molar-refractivity contribution < 1.29 is 24.2 Å². The highest BCUT2D eigenvalue weighted by Gasteiger charge is 2.64. The van der Waals surface area contributed by atoms with E-state index in [1.54, 1.807) is 0 Å². The minimum Gasteiger partial charge on any atom is -0.432 e. The lowest BCUT2D eigenvalue weighted by molar-refractivity contribution is -0.143. The molecule has 2 aromatic carbocycles. The van der Waals surface area contributed by atoms with Crippen LogP contribution in [-0.4, -0.2) is 68.0 Å².